The molecule has 1 aliphatic rings. The van der Waals surface area contributed by atoms with Crippen molar-refractivity contribution in [1.82, 2.24) is 10.2 Å². The fourth-order valence-electron chi connectivity index (χ4n) is 1.92. The van der Waals surface area contributed by atoms with Gasteiger partial charge in [-0.15, -0.1) is 0 Å². The Bertz CT molecular complexity index is 545. The van der Waals surface area contributed by atoms with Crippen LogP contribution in [0.5, 0.6) is 0 Å². The first-order valence-corrected chi connectivity index (χ1v) is 6.11. The number of nitrogens with zero attached hydrogens (tertiary/aromatic N) is 1. The molecule has 0 spiro atoms. The van der Waals surface area contributed by atoms with Crippen molar-refractivity contribution in [3.8, 4) is 0 Å². The molecule has 2 heterocycles. The van der Waals surface area contributed by atoms with E-state index < -0.39 is 23.3 Å². The molecule has 2 rings (SSSR count). The highest BCUT2D eigenvalue weighted by molar-refractivity contribution is 6.08. The smallest absolute Gasteiger partial charge is 0.290 e. The Hall–Kier alpha value is -2.11. The van der Waals surface area contributed by atoms with E-state index >= 15 is 0 Å². The van der Waals surface area contributed by atoms with Gasteiger partial charge in [0.1, 0.15) is 17.8 Å². The molecule has 6 heteroatoms. The largest absolute Gasteiger partial charge is 0.456 e. The van der Waals surface area contributed by atoms with Gasteiger partial charge in [-0.05, 0) is 26.0 Å². The first-order chi connectivity index (χ1) is 8.86. The summed E-state index contributed by atoms with van der Waals surface area (Å²) in [6, 6.07) is 3.28. The quantitative estimate of drug-likeness (QED) is 0.798. The molecule has 6 nitrogen and oxygen atoms in total. The average Bonchev–Trinajstić information content (AvgIpc) is 2.82. The Morgan fingerprint density at radius 2 is 2.11 bits per heavy atom. The lowest BCUT2D eigenvalue weighted by molar-refractivity contribution is -0.143. The summed E-state index contributed by atoms with van der Waals surface area (Å²) in [5.41, 5.74) is -1.08. The first kappa shape index (κ1) is 13.3. The van der Waals surface area contributed by atoms with Crippen molar-refractivity contribution >= 4 is 17.7 Å². The monoisotopic (exact) mass is 264 g/mol. The Morgan fingerprint density at radius 1 is 1.42 bits per heavy atom. The SMILES string of the molecule is CCc1ccc(C(=O)N2CC(=O)NC(=O)C2(C)C)o1. The topological polar surface area (TPSA) is 79.6 Å². The molecule has 1 aliphatic heterocycles. The van der Waals surface area contributed by atoms with Crippen LogP contribution in [0.4, 0.5) is 0 Å². The molecule has 0 saturated carbocycles. The van der Waals surface area contributed by atoms with Gasteiger partial charge in [0.2, 0.25) is 5.91 Å². The van der Waals surface area contributed by atoms with Crippen molar-refractivity contribution in [3.63, 3.8) is 0 Å². The maximum atomic E-state index is 12.3. The molecule has 1 fully saturated rings. The zero-order valence-electron chi connectivity index (χ0n) is 11.1. The molecule has 0 bridgehead atoms. The number of piperazine rings is 1. The first-order valence-electron chi connectivity index (χ1n) is 6.11. The zero-order chi connectivity index (χ0) is 14.2. The van der Waals surface area contributed by atoms with Crippen molar-refractivity contribution in [2.75, 3.05) is 6.54 Å². The molecule has 1 N–H and O–H groups in total. The van der Waals surface area contributed by atoms with Crippen molar-refractivity contribution in [2.45, 2.75) is 32.7 Å². The van der Waals surface area contributed by atoms with Crippen LogP contribution in [0.3, 0.4) is 0 Å². The van der Waals surface area contributed by atoms with E-state index in [9.17, 15) is 14.4 Å². The Kier molecular flexibility index (Phi) is 3.18. The predicted molar refractivity (Wildman–Crippen MR) is 66.4 cm³/mol. The van der Waals surface area contributed by atoms with Crippen LogP contribution in [-0.4, -0.2) is 34.7 Å². The average molecular weight is 264 g/mol. The predicted octanol–water partition coefficient (Wildman–Crippen LogP) is 0.719. The highest BCUT2D eigenvalue weighted by atomic mass is 16.4. The van der Waals surface area contributed by atoms with Crippen LogP contribution in [0.1, 0.15) is 37.1 Å². The lowest BCUT2D eigenvalue weighted by Gasteiger charge is -2.39. The Morgan fingerprint density at radius 3 is 2.68 bits per heavy atom. The minimum absolute atomic E-state index is 0.146. The summed E-state index contributed by atoms with van der Waals surface area (Å²) >= 11 is 0. The fourth-order valence-corrected chi connectivity index (χ4v) is 1.92. The maximum absolute atomic E-state index is 12.3. The molecule has 0 unspecified atom stereocenters. The molecule has 102 valence electrons. The van der Waals surface area contributed by atoms with Gasteiger partial charge in [-0.25, -0.2) is 0 Å². The summed E-state index contributed by atoms with van der Waals surface area (Å²) in [5, 5.41) is 2.22. The van der Waals surface area contributed by atoms with Crippen LogP contribution in [0.2, 0.25) is 0 Å². The number of carbonyl (C=O) groups is 3. The molecular formula is C13H16N2O4. The van der Waals surface area contributed by atoms with E-state index in [2.05, 4.69) is 5.32 Å². The second kappa shape index (κ2) is 4.53. The van der Waals surface area contributed by atoms with Crippen LogP contribution >= 0.6 is 0 Å². The van der Waals surface area contributed by atoms with E-state index in [0.717, 1.165) is 0 Å². The second-order valence-electron chi connectivity index (χ2n) is 4.95. The van der Waals surface area contributed by atoms with Crippen LogP contribution in [0, 0.1) is 0 Å². The minimum Gasteiger partial charge on any atom is -0.456 e. The molecule has 0 aromatic carbocycles. The molecule has 1 aromatic heterocycles. The second-order valence-corrected chi connectivity index (χ2v) is 4.95. The van der Waals surface area contributed by atoms with Gasteiger partial charge >= 0.3 is 0 Å². The van der Waals surface area contributed by atoms with Gasteiger partial charge < -0.3 is 9.32 Å². The number of imide groups is 1. The van der Waals surface area contributed by atoms with Crippen LogP contribution in [0.15, 0.2) is 16.5 Å². The number of amides is 3. The molecule has 3 amide bonds. The number of hydrogen-bond acceptors (Lipinski definition) is 4. The minimum atomic E-state index is -1.08. The lowest BCUT2D eigenvalue weighted by Crippen LogP contribution is -2.65. The van der Waals surface area contributed by atoms with Crippen molar-refractivity contribution in [1.29, 1.82) is 0 Å². The van der Waals surface area contributed by atoms with Gasteiger partial charge in [-0.3, -0.25) is 19.7 Å². The summed E-state index contributed by atoms with van der Waals surface area (Å²) in [4.78, 5) is 36.8. The third-order valence-electron chi connectivity index (χ3n) is 3.25. The number of nitrogens with one attached hydrogen (secondary N) is 1. The van der Waals surface area contributed by atoms with E-state index in [1.54, 1.807) is 26.0 Å². The molecule has 1 saturated heterocycles. The van der Waals surface area contributed by atoms with Gasteiger partial charge in [0.25, 0.3) is 11.8 Å². The summed E-state index contributed by atoms with van der Waals surface area (Å²) in [6.45, 7) is 4.95. The van der Waals surface area contributed by atoms with Gasteiger partial charge in [-0.1, -0.05) is 6.92 Å². The van der Waals surface area contributed by atoms with Crippen molar-refractivity contribution in [2.24, 2.45) is 0 Å². The number of carbonyl (C=O) groups excluding carboxylic acids is 3. The Balaban J connectivity index is 2.30. The summed E-state index contributed by atoms with van der Waals surface area (Å²) in [5.74, 6) is -0.589. The molecule has 19 heavy (non-hydrogen) atoms. The van der Waals surface area contributed by atoms with Gasteiger partial charge in [0.05, 0.1) is 0 Å². The number of furan rings is 1. The number of rotatable bonds is 2. The highest BCUT2D eigenvalue weighted by Crippen LogP contribution is 2.22. The van der Waals surface area contributed by atoms with Gasteiger partial charge in [0, 0.05) is 6.42 Å². The van der Waals surface area contributed by atoms with E-state index in [1.165, 1.54) is 4.90 Å². The van der Waals surface area contributed by atoms with E-state index in [1.807, 2.05) is 6.92 Å². The summed E-state index contributed by atoms with van der Waals surface area (Å²) in [7, 11) is 0. The molecule has 0 aliphatic carbocycles. The summed E-state index contributed by atoms with van der Waals surface area (Å²) in [6.07, 6.45) is 0.677. The summed E-state index contributed by atoms with van der Waals surface area (Å²) < 4.78 is 5.38. The van der Waals surface area contributed by atoms with E-state index in [-0.39, 0.29) is 12.3 Å². The van der Waals surface area contributed by atoms with Crippen LogP contribution in [0.25, 0.3) is 0 Å². The zero-order valence-corrected chi connectivity index (χ0v) is 11.1. The number of hydrogen-bond donors (Lipinski definition) is 1. The van der Waals surface area contributed by atoms with Crippen molar-refractivity contribution in [3.05, 3.63) is 23.7 Å². The lowest BCUT2D eigenvalue weighted by atomic mass is 9.98. The number of aryl methyl sites for hydroxylation is 1. The molecule has 1 aromatic rings. The van der Waals surface area contributed by atoms with Crippen LogP contribution in [-0.2, 0) is 16.0 Å². The fraction of sp³-hybridized carbons (Fsp3) is 0.462. The normalized spacial score (nSPS) is 18.4. The van der Waals surface area contributed by atoms with E-state index in [4.69, 9.17) is 4.42 Å². The molecule has 0 atom stereocenters. The third kappa shape index (κ3) is 2.25. The third-order valence-corrected chi connectivity index (χ3v) is 3.25. The highest BCUT2D eigenvalue weighted by Gasteiger charge is 2.44. The molecule has 0 radical (unpaired) electrons. The van der Waals surface area contributed by atoms with Crippen LogP contribution < -0.4 is 5.32 Å². The van der Waals surface area contributed by atoms with E-state index in [0.29, 0.717) is 12.2 Å². The Labute approximate surface area is 110 Å². The van der Waals surface area contributed by atoms with Gasteiger partial charge in [0.15, 0.2) is 5.76 Å². The maximum Gasteiger partial charge on any atom is 0.290 e. The molecular weight excluding hydrogens is 248 g/mol. The van der Waals surface area contributed by atoms with Gasteiger partial charge in [-0.2, -0.15) is 0 Å². The standard InChI is InChI=1S/C13H16N2O4/c1-4-8-5-6-9(19-8)11(17)15-7-10(16)14-12(18)13(15,2)3/h5-6H,4,7H2,1-3H3,(H,14,16,18). The van der Waals surface area contributed by atoms with Crippen molar-refractivity contribution < 1.29 is 18.8 Å².